The summed E-state index contributed by atoms with van der Waals surface area (Å²) in [5.74, 6) is -0.319. The molecule has 0 unspecified atom stereocenters. The van der Waals surface area contributed by atoms with Crippen LogP contribution in [0.25, 0.3) is 0 Å². The van der Waals surface area contributed by atoms with E-state index in [1.54, 1.807) is 30.6 Å². The molecule has 1 aromatic carbocycles. The molecular formula is C21H26N4O5. The number of nitrogens with zero attached hydrogens (tertiary/aromatic N) is 1. The summed E-state index contributed by atoms with van der Waals surface area (Å²) in [5.41, 5.74) is 2.56. The molecule has 1 saturated heterocycles. The summed E-state index contributed by atoms with van der Waals surface area (Å²) in [7, 11) is 0. The Bertz CT molecular complexity index is 846. The molecule has 3 amide bonds. The highest BCUT2D eigenvalue weighted by Crippen LogP contribution is 2.23. The Morgan fingerprint density at radius 2 is 1.80 bits per heavy atom. The molecule has 1 aliphatic heterocycles. The molecule has 3 rings (SSSR count). The number of pyridine rings is 1. The minimum Gasteiger partial charge on any atom is -0.388 e. The zero-order chi connectivity index (χ0) is 21.5. The molecule has 30 heavy (non-hydrogen) atoms. The number of aliphatic hydroxyl groups excluding tert-OH is 2. The average Bonchev–Trinajstić information content (AvgIpc) is 3.01. The Labute approximate surface area is 174 Å². The molecule has 4 atom stereocenters. The lowest BCUT2D eigenvalue weighted by Crippen LogP contribution is -2.41. The molecule has 9 heteroatoms. The maximum atomic E-state index is 12.1. The molecule has 0 bridgehead atoms. The molecule has 2 aromatic rings. The van der Waals surface area contributed by atoms with E-state index in [0.717, 1.165) is 11.1 Å². The first-order valence-corrected chi connectivity index (χ1v) is 9.71. The van der Waals surface area contributed by atoms with Crippen LogP contribution < -0.4 is 16.0 Å². The summed E-state index contributed by atoms with van der Waals surface area (Å²) in [6.45, 7) is 2.25. The molecule has 9 nitrogen and oxygen atoms in total. The van der Waals surface area contributed by atoms with Gasteiger partial charge in [-0.1, -0.05) is 23.8 Å². The lowest BCUT2D eigenvalue weighted by Gasteiger charge is -2.16. The maximum Gasteiger partial charge on any atom is 0.319 e. The van der Waals surface area contributed by atoms with Crippen molar-refractivity contribution in [1.29, 1.82) is 0 Å². The number of benzene rings is 1. The first-order chi connectivity index (χ1) is 14.4. The van der Waals surface area contributed by atoms with Crippen LogP contribution in [0.15, 0.2) is 48.8 Å². The Hall–Kier alpha value is -3.01. The molecule has 0 radical (unpaired) electrons. The van der Waals surface area contributed by atoms with Crippen molar-refractivity contribution in [3.05, 3.63) is 59.9 Å². The average molecular weight is 414 g/mol. The van der Waals surface area contributed by atoms with Gasteiger partial charge in [0.1, 0.15) is 18.3 Å². The fourth-order valence-electron chi connectivity index (χ4n) is 3.13. The van der Waals surface area contributed by atoms with Gasteiger partial charge in [-0.2, -0.15) is 0 Å². The van der Waals surface area contributed by atoms with E-state index < -0.39 is 30.4 Å². The number of anilines is 1. The zero-order valence-corrected chi connectivity index (χ0v) is 16.6. The fraction of sp³-hybridized carbons (Fsp3) is 0.381. The molecule has 2 heterocycles. The van der Waals surface area contributed by atoms with E-state index in [0.29, 0.717) is 12.2 Å². The Morgan fingerprint density at radius 3 is 2.50 bits per heavy atom. The van der Waals surface area contributed by atoms with Crippen molar-refractivity contribution in [2.24, 2.45) is 0 Å². The minimum absolute atomic E-state index is 0.0102. The van der Waals surface area contributed by atoms with E-state index in [-0.39, 0.29) is 18.9 Å². The smallest absolute Gasteiger partial charge is 0.319 e. The van der Waals surface area contributed by atoms with Crippen LogP contribution in [-0.2, 0) is 16.1 Å². The van der Waals surface area contributed by atoms with Gasteiger partial charge in [-0.25, -0.2) is 4.79 Å². The molecule has 0 aliphatic carbocycles. The Kier molecular flexibility index (Phi) is 7.34. The summed E-state index contributed by atoms with van der Waals surface area (Å²) in [6.07, 6.45) is -0.925. The van der Waals surface area contributed by atoms with Crippen molar-refractivity contribution in [2.45, 2.75) is 44.3 Å². The van der Waals surface area contributed by atoms with Crippen molar-refractivity contribution in [2.75, 3.05) is 11.9 Å². The first kappa shape index (κ1) is 21.7. The van der Waals surface area contributed by atoms with Gasteiger partial charge in [-0.15, -0.1) is 0 Å². The molecule has 0 spiro atoms. The van der Waals surface area contributed by atoms with Crippen LogP contribution in [0.4, 0.5) is 10.5 Å². The first-order valence-electron chi connectivity index (χ1n) is 9.71. The Morgan fingerprint density at radius 1 is 1.07 bits per heavy atom. The lowest BCUT2D eigenvalue weighted by molar-refractivity contribution is -0.125. The van der Waals surface area contributed by atoms with Crippen molar-refractivity contribution in [3.8, 4) is 0 Å². The highest BCUT2D eigenvalue weighted by molar-refractivity contribution is 5.89. The fourth-order valence-corrected chi connectivity index (χ4v) is 3.13. The second-order valence-corrected chi connectivity index (χ2v) is 7.24. The summed E-state index contributed by atoms with van der Waals surface area (Å²) >= 11 is 0. The van der Waals surface area contributed by atoms with E-state index in [4.69, 9.17) is 4.74 Å². The van der Waals surface area contributed by atoms with Gasteiger partial charge in [0.15, 0.2) is 0 Å². The van der Waals surface area contributed by atoms with Gasteiger partial charge in [0.25, 0.3) is 0 Å². The molecule has 1 aromatic heterocycles. The number of urea groups is 1. The second-order valence-electron chi connectivity index (χ2n) is 7.24. The van der Waals surface area contributed by atoms with E-state index in [1.165, 1.54) is 0 Å². The largest absolute Gasteiger partial charge is 0.388 e. The number of hydrogen-bond donors (Lipinski definition) is 5. The van der Waals surface area contributed by atoms with E-state index in [1.807, 2.05) is 25.1 Å². The summed E-state index contributed by atoms with van der Waals surface area (Å²) in [5, 5.41) is 28.4. The second kappa shape index (κ2) is 10.1. The third-order valence-electron chi connectivity index (χ3n) is 4.83. The van der Waals surface area contributed by atoms with Gasteiger partial charge in [0, 0.05) is 31.2 Å². The van der Waals surface area contributed by atoms with Crippen LogP contribution >= 0.6 is 0 Å². The monoisotopic (exact) mass is 414 g/mol. The van der Waals surface area contributed by atoms with Crippen LogP contribution in [0.1, 0.15) is 17.5 Å². The van der Waals surface area contributed by atoms with Crippen LogP contribution in [-0.4, -0.2) is 58.1 Å². The number of ether oxygens (including phenoxy) is 1. The lowest BCUT2D eigenvalue weighted by atomic mass is 10.1. The van der Waals surface area contributed by atoms with Crippen LogP contribution in [0.3, 0.4) is 0 Å². The number of nitrogens with one attached hydrogen (secondary N) is 3. The maximum absolute atomic E-state index is 12.1. The SMILES string of the molecule is Cc1ccc(NC(=O)NC[C@H]2O[C@@H](CC(=O)NCc3cccnc3)[C@H](O)[C@@H]2O)cc1. The third-order valence-corrected chi connectivity index (χ3v) is 4.83. The van der Waals surface area contributed by atoms with Gasteiger partial charge in [-0.05, 0) is 30.7 Å². The molecule has 5 N–H and O–H groups in total. The summed E-state index contributed by atoms with van der Waals surface area (Å²) < 4.78 is 5.61. The van der Waals surface area contributed by atoms with E-state index in [9.17, 15) is 19.8 Å². The number of carbonyl (C=O) groups excluding carboxylic acids is 2. The van der Waals surface area contributed by atoms with Crippen LogP contribution in [0.5, 0.6) is 0 Å². The third kappa shape index (κ3) is 5.99. The molecule has 1 fully saturated rings. The summed E-state index contributed by atoms with van der Waals surface area (Å²) in [4.78, 5) is 28.1. The molecular weight excluding hydrogens is 388 g/mol. The van der Waals surface area contributed by atoms with E-state index >= 15 is 0 Å². The standard InChI is InChI=1S/C21H26N4O5/c1-13-4-6-15(7-5-13)25-21(29)24-12-17-20(28)19(27)16(30-17)9-18(26)23-11-14-3-2-8-22-10-14/h2-8,10,16-17,19-20,27-28H,9,11-12H2,1H3,(H,23,26)(H2,24,25,29)/t16-,17+,19-,20+/m0/s1. The van der Waals surface area contributed by atoms with Crippen molar-refractivity contribution < 1.29 is 24.5 Å². The number of rotatable bonds is 7. The van der Waals surface area contributed by atoms with E-state index in [2.05, 4.69) is 20.9 Å². The van der Waals surface area contributed by atoms with Gasteiger partial charge in [-0.3, -0.25) is 9.78 Å². The quantitative estimate of drug-likeness (QED) is 0.453. The van der Waals surface area contributed by atoms with Crippen LogP contribution in [0.2, 0.25) is 0 Å². The zero-order valence-electron chi connectivity index (χ0n) is 16.6. The summed E-state index contributed by atoms with van der Waals surface area (Å²) in [6, 6.07) is 10.5. The number of amides is 3. The topological polar surface area (TPSA) is 133 Å². The number of hydrogen-bond acceptors (Lipinski definition) is 6. The number of aliphatic hydroxyl groups is 2. The number of carbonyl (C=O) groups is 2. The minimum atomic E-state index is -1.22. The predicted molar refractivity (Wildman–Crippen MR) is 110 cm³/mol. The van der Waals surface area contributed by atoms with Crippen molar-refractivity contribution >= 4 is 17.6 Å². The number of aromatic nitrogens is 1. The van der Waals surface area contributed by atoms with Gasteiger partial charge in [0.05, 0.1) is 12.5 Å². The Balaban J connectivity index is 1.43. The predicted octanol–water partition coefficient (Wildman–Crippen LogP) is 0.707. The molecule has 0 saturated carbocycles. The highest BCUT2D eigenvalue weighted by atomic mass is 16.5. The van der Waals surface area contributed by atoms with Crippen LogP contribution in [0, 0.1) is 6.92 Å². The molecule has 160 valence electrons. The van der Waals surface area contributed by atoms with Crippen molar-refractivity contribution in [1.82, 2.24) is 15.6 Å². The normalized spacial score (nSPS) is 23.0. The number of aryl methyl sites for hydroxylation is 1. The van der Waals surface area contributed by atoms with Gasteiger partial charge < -0.3 is 30.9 Å². The van der Waals surface area contributed by atoms with Crippen molar-refractivity contribution in [3.63, 3.8) is 0 Å². The molecule has 1 aliphatic rings. The highest BCUT2D eigenvalue weighted by Gasteiger charge is 2.43. The van der Waals surface area contributed by atoms with Gasteiger partial charge in [0.2, 0.25) is 5.91 Å². The van der Waals surface area contributed by atoms with Gasteiger partial charge >= 0.3 is 6.03 Å².